The second-order valence-corrected chi connectivity index (χ2v) is 7.71. The summed E-state index contributed by atoms with van der Waals surface area (Å²) >= 11 is 5.84. The minimum absolute atomic E-state index is 0.0199. The normalized spacial score (nSPS) is 11.9. The Bertz CT molecular complexity index is 1060. The molecule has 2 aromatic carbocycles. The first-order chi connectivity index (χ1) is 11.8. The number of halogens is 1. The number of aliphatic hydroxyl groups excluding tert-OH is 1. The molecule has 1 aromatic heterocycles. The van der Waals surface area contributed by atoms with Crippen LogP contribution in [-0.4, -0.2) is 27.9 Å². The molecule has 0 fully saturated rings. The molecule has 0 saturated heterocycles. The van der Waals surface area contributed by atoms with Crippen molar-refractivity contribution in [3.8, 4) is 0 Å². The molecule has 0 saturated carbocycles. The van der Waals surface area contributed by atoms with E-state index in [0.29, 0.717) is 16.5 Å². The fraction of sp³-hybridized carbons (Fsp3) is 0.125. The Morgan fingerprint density at radius 1 is 1.20 bits per heavy atom. The molecule has 3 rings (SSSR count). The van der Waals surface area contributed by atoms with Crippen molar-refractivity contribution in [3.05, 3.63) is 58.7 Å². The van der Waals surface area contributed by atoms with Gasteiger partial charge >= 0.3 is 0 Å². The molecule has 0 amide bonds. The van der Waals surface area contributed by atoms with E-state index in [9.17, 15) is 23.9 Å². The number of hydrogen-bond donors (Lipinski definition) is 3. The number of para-hydroxylation sites is 1. The van der Waals surface area contributed by atoms with Gasteiger partial charge in [-0.25, -0.2) is 12.4 Å². The molecule has 0 radical (unpaired) electrons. The topological polar surface area (TPSA) is 103 Å². The van der Waals surface area contributed by atoms with Gasteiger partial charge in [-0.05, 0) is 30.7 Å². The number of rotatable bonds is 4. The van der Waals surface area contributed by atoms with Gasteiger partial charge in [0.25, 0.3) is 10.0 Å². The maximum Gasteiger partial charge on any atom is 0.268 e. The van der Waals surface area contributed by atoms with E-state index in [1.807, 2.05) is 0 Å². The maximum atomic E-state index is 13.1. The molecule has 1 heterocycles. The van der Waals surface area contributed by atoms with Crippen LogP contribution < -0.4 is 5.23 Å². The van der Waals surface area contributed by atoms with Crippen molar-refractivity contribution < 1.29 is 23.9 Å². The Morgan fingerprint density at radius 3 is 2.56 bits per heavy atom. The summed E-state index contributed by atoms with van der Waals surface area (Å²) in [7, 11) is -4.05. The minimum Gasteiger partial charge on any atom is -0.392 e. The van der Waals surface area contributed by atoms with E-state index in [2.05, 4.69) is 0 Å². The van der Waals surface area contributed by atoms with Crippen molar-refractivity contribution in [2.45, 2.75) is 18.4 Å². The Kier molecular flexibility index (Phi) is 4.48. The molecule has 0 aliphatic rings. The van der Waals surface area contributed by atoms with E-state index >= 15 is 0 Å². The lowest BCUT2D eigenvalue weighted by Crippen LogP contribution is -2.15. The second kappa shape index (κ2) is 6.32. The quantitative estimate of drug-likeness (QED) is 0.599. The number of nitrogens with zero attached hydrogens (tertiary/aromatic N) is 2. The average Bonchev–Trinajstić information content (AvgIpc) is 2.95. The summed E-state index contributed by atoms with van der Waals surface area (Å²) in [4.78, 5) is -0.176. The van der Waals surface area contributed by atoms with Gasteiger partial charge in [-0.1, -0.05) is 29.8 Å². The highest BCUT2D eigenvalue weighted by molar-refractivity contribution is 7.90. The van der Waals surface area contributed by atoms with Crippen molar-refractivity contribution in [2.24, 2.45) is 0 Å². The van der Waals surface area contributed by atoms with Crippen LogP contribution in [0.25, 0.3) is 10.9 Å². The maximum absolute atomic E-state index is 13.1. The third-order valence-corrected chi connectivity index (χ3v) is 5.91. The number of benzene rings is 2. The molecular weight excluding hydrogens is 368 g/mol. The van der Waals surface area contributed by atoms with Crippen LogP contribution in [0.3, 0.4) is 0 Å². The van der Waals surface area contributed by atoms with Crippen molar-refractivity contribution in [2.75, 3.05) is 5.23 Å². The molecule has 0 aliphatic carbocycles. The van der Waals surface area contributed by atoms with E-state index in [4.69, 9.17) is 11.6 Å². The van der Waals surface area contributed by atoms with E-state index in [-0.39, 0.29) is 27.4 Å². The van der Waals surface area contributed by atoms with E-state index in [1.165, 1.54) is 18.3 Å². The highest BCUT2D eigenvalue weighted by Gasteiger charge is 2.23. The van der Waals surface area contributed by atoms with Crippen LogP contribution in [0.5, 0.6) is 0 Å². The monoisotopic (exact) mass is 382 g/mol. The Labute approximate surface area is 148 Å². The smallest absolute Gasteiger partial charge is 0.268 e. The largest absolute Gasteiger partial charge is 0.392 e. The van der Waals surface area contributed by atoms with Crippen molar-refractivity contribution in [3.63, 3.8) is 0 Å². The zero-order valence-corrected chi connectivity index (χ0v) is 14.7. The van der Waals surface area contributed by atoms with Crippen molar-refractivity contribution in [1.82, 2.24) is 3.97 Å². The predicted molar refractivity (Wildman–Crippen MR) is 92.7 cm³/mol. The van der Waals surface area contributed by atoms with Gasteiger partial charge in [0.05, 0.1) is 22.0 Å². The van der Waals surface area contributed by atoms with Crippen LogP contribution in [0.15, 0.2) is 47.5 Å². The lowest BCUT2D eigenvalue weighted by molar-refractivity contribution is 0.0291. The number of aromatic nitrogens is 1. The number of fused-ring (bicyclic) bond motifs is 1. The molecule has 3 N–H and O–H groups in total. The zero-order chi connectivity index (χ0) is 18.4. The van der Waals surface area contributed by atoms with Crippen LogP contribution in [0.4, 0.5) is 5.69 Å². The summed E-state index contributed by atoms with van der Waals surface area (Å²) < 4.78 is 27.2. The Hall–Kier alpha value is -2.10. The lowest BCUT2D eigenvalue weighted by atomic mass is 10.1. The van der Waals surface area contributed by atoms with Gasteiger partial charge in [0.1, 0.15) is 5.69 Å². The number of aliphatic hydroxyl groups is 1. The first-order valence-corrected chi connectivity index (χ1v) is 9.02. The first-order valence-electron chi connectivity index (χ1n) is 7.20. The third kappa shape index (κ3) is 2.88. The summed E-state index contributed by atoms with van der Waals surface area (Å²) in [6.07, 6.45) is 1.36. The Balaban J connectivity index is 2.29. The van der Waals surface area contributed by atoms with Crippen LogP contribution in [0, 0.1) is 6.92 Å². The summed E-state index contributed by atoms with van der Waals surface area (Å²) in [6.45, 7) is 1.46. The molecule has 0 spiro atoms. The van der Waals surface area contributed by atoms with Crippen molar-refractivity contribution >= 4 is 38.2 Å². The second-order valence-electron chi connectivity index (χ2n) is 5.49. The average molecular weight is 383 g/mol. The van der Waals surface area contributed by atoms with Gasteiger partial charge < -0.3 is 5.11 Å². The molecule has 3 aromatic rings. The van der Waals surface area contributed by atoms with Gasteiger partial charge in [-0.2, -0.15) is 0 Å². The fourth-order valence-corrected chi connectivity index (χ4v) is 4.39. The molecule has 0 aliphatic heterocycles. The van der Waals surface area contributed by atoms with Crippen LogP contribution >= 0.6 is 11.6 Å². The molecule has 0 atom stereocenters. The highest BCUT2D eigenvalue weighted by Crippen LogP contribution is 2.31. The fourth-order valence-electron chi connectivity index (χ4n) is 2.72. The summed E-state index contributed by atoms with van der Waals surface area (Å²) in [5, 5.41) is 28.3. The van der Waals surface area contributed by atoms with Crippen molar-refractivity contribution in [1.29, 1.82) is 0 Å². The van der Waals surface area contributed by atoms with Gasteiger partial charge in [0, 0.05) is 17.1 Å². The summed E-state index contributed by atoms with van der Waals surface area (Å²) in [5.41, 5.74) is 1.38. The van der Waals surface area contributed by atoms with Gasteiger partial charge in [0.15, 0.2) is 0 Å². The van der Waals surface area contributed by atoms with Gasteiger partial charge in [0.2, 0.25) is 0 Å². The summed E-state index contributed by atoms with van der Waals surface area (Å²) in [5.74, 6) is 0. The lowest BCUT2D eigenvalue weighted by Gasteiger charge is -2.13. The minimum atomic E-state index is -4.05. The first kappa shape index (κ1) is 17.7. The molecule has 9 heteroatoms. The summed E-state index contributed by atoms with van der Waals surface area (Å²) in [6, 6.07) is 8.87. The molecule has 7 nitrogen and oxygen atoms in total. The number of anilines is 1. The van der Waals surface area contributed by atoms with Gasteiger partial charge in [-0.15, -0.1) is 5.23 Å². The predicted octanol–water partition coefficient (Wildman–Crippen LogP) is 2.92. The van der Waals surface area contributed by atoms with Gasteiger partial charge in [-0.3, -0.25) is 10.4 Å². The molecule has 25 heavy (non-hydrogen) atoms. The zero-order valence-electron chi connectivity index (χ0n) is 13.1. The van der Waals surface area contributed by atoms with E-state index in [0.717, 1.165) is 15.6 Å². The SMILES string of the molecule is Cc1cccc2c(CO)cn(S(=O)(=O)c3ccc(Cl)c(N(O)O)c3)c12. The molecular formula is C16H15ClN2O5S. The molecule has 0 unspecified atom stereocenters. The van der Waals surface area contributed by atoms with E-state index < -0.39 is 10.0 Å². The van der Waals surface area contributed by atoms with Crippen LogP contribution in [0.1, 0.15) is 11.1 Å². The van der Waals surface area contributed by atoms with Crippen LogP contribution in [-0.2, 0) is 16.6 Å². The third-order valence-electron chi connectivity index (χ3n) is 3.94. The highest BCUT2D eigenvalue weighted by atomic mass is 35.5. The Morgan fingerprint density at radius 2 is 1.92 bits per heavy atom. The van der Waals surface area contributed by atoms with E-state index in [1.54, 1.807) is 25.1 Å². The standard InChI is InChI=1S/C16H15ClN2O5S/c1-10-3-2-4-13-11(9-20)8-18(16(10)13)25(23,24)12-5-6-14(17)15(7-12)19(21)22/h2-8,20-22H,9H2,1H3. The number of aryl methyl sites for hydroxylation is 1. The molecule has 0 bridgehead atoms. The number of hydrogen-bond acceptors (Lipinski definition) is 6. The molecule has 132 valence electrons. The van der Waals surface area contributed by atoms with Crippen LogP contribution in [0.2, 0.25) is 5.02 Å².